The average molecular weight is 373 g/mol. The van der Waals surface area contributed by atoms with Gasteiger partial charge in [0.1, 0.15) is 11.3 Å². The van der Waals surface area contributed by atoms with Gasteiger partial charge in [-0.2, -0.15) is 0 Å². The Bertz CT molecular complexity index is 1220. The lowest BCUT2D eigenvalue weighted by Gasteiger charge is -2.18. The predicted octanol–water partition coefficient (Wildman–Crippen LogP) is 4.71. The van der Waals surface area contributed by atoms with Gasteiger partial charge in [-0.1, -0.05) is 0 Å². The van der Waals surface area contributed by atoms with Crippen molar-refractivity contribution >= 4 is 22.3 Å². The maximum atomic E-state index is 11.0. The molecule has 0 radical (unpaired) electrons. The Kier molecular flexibility index (Phi) is 4.31. The van der Waals surface area contributed by atoms with E-state index in [1.807, 2.05) is 55.4 Å². The van der Waals surface area contributed by atoms with Gasteiger partial charge in [0.15, 0.2) is 0 Å². The van der Waals surface area contributed by atoms with Crippen molar-refractivity contribution in [3.05, 3.63) is 76.1 Å². The van der Waals surface area contributed by atoms with Crippen molar-refractivity contribution in [1.82, 2.24) is 0 Å². The van der Waals surface area contributed by atoms with Gasteiger partial charge in [-0.25, -0.2) is 0 Å². The van der Waals surface area contributed by atoms with Crippen molar-refractivity contribution in [3.63, 3.8) is 0 Å². The summed E-state index contributed by atoms with van der Waals surface area (Å²) >= 11 is 0. The van der Waals surface area contributed by atoms with Crippen LogP contribution in [0.4, 0.5) is 11.4 Å². The highest BCUT2D eigenvalue weighted by atomic mass is 16.6. The minimum absolute atomic E-state index is 0.0694. The molecule has 0 saturated heterocycles. The van der Waals surface area contributed by atoms with E-state index in [9.17, 15) is 10.1 Å². The molecule has 0 fully saturated rings. The average Bonchev–Trinajstić information content (AvgIpc) is 2.71. The molecule has 0 N–H and O–H groups in total. The van der Waals surface area contributed by atoms with Crippen LogP contribution in [0, 0.1) is 10.1 Å². The number of nitro benzene ring substituents is 1. The smallest absolute Gasteiger partial charge is 0.269 e. The summed E-state index contributed by atoms with van der Waals surface area (Å²) in [7, 11) is 5.70. The zero-order valence-corrected chi connectivity index (χ0v) is 15.8. The number of non-ortho nitro benzene ring substituents is 1. The Balaban J connectivity index is 2.07. The molecule has 6 nitrogen and oxygen atoms in total. The highest BCUT2D eigenvalue weighted by Crippen LogP contribution is 2.40. The monoisotopic (exact) mass is 373 g/mol. The predicted molar refractivity (Wildman–Crippen MR) is 111 cm³/mol. The molecule has 0 bridgehead atoms. The molecule has 4 rings (SSSR count). The topological polar surface area (TPSA) is 71.9 Å². The number of nitrogens with zero attached hydrogens (tertiary/aromatic N) is 3. The van der Waals surface area contributed by atoms with Gasteiger partial charge in [0.05, 0.1) is 10.3 Å². The van der Waals surface area contributed by atoms with Gasteiger partial charge in [-0.3, -0.25) is 15.1 Å². The van der Waals surface area contributed by atoms with E-state index in [0.717, 1.165) is 44.5 Å². The Morgan fingerprint density at radius 2 is 1.75 bits per heavy atom. The molecule has 2 aromatic rings. The number of hydrogen-bond acceptors (Lipinski definition) is 5. The van der Waals surface area contributed by atoms with Gasteiger partial charge in [-0.15, -0.1) is 0 Å². The van der Waals surface area contributed by atoms with Gasteiger partial charge >= 0.3 is 0 Å². The molecule has 6 heteroatoms. The van der Waals surface area contributed by atoms with Crippen LogP contribution in [-0.2, 0) is 0 Å². The van der Waals surface area contributed by atoms with E-state index < -0.39 is 4.92 Å². The summed E-state index contributed by atoms with van der Waals surface area (Å²) in [5.74, 6) is 0.722. The molecular weight excluding hydrogens is 354 g/mol. The minimum Gasteiger partial charge on any atom is -0.456 e. The van der Waals surface area contributed by atoms with Crippen LogP contribution < -0.4 is 10.3 Å². The van der Waals surface area contributed by atoms with Gasteiger partial charge in [0.2, 0.25) is 0 Å². The molecule has 0 saturated carbocycles. The highest BCUT2D eigenvalue weighted by Gasteiger charge is 2.18. The molecule has 0 amide bonds. The largest absolute Gasteiger partial charge is 0.456 e. The molecule has 2 aromatic carbocycles. The lowest BCUT2D eigenvalue weighted by Crippen LogP contribution is -2.08. The summed E-state index contributed by atoms with van der Waals surface area (Å²) in [5.41, 5.74) is 4.67. The van der Waals surface area contributed by atoms with E-state index in [4.69, 9.17) is 4.42 Å². The Morgan fingerprint density at radius 1 is 1.00 bits per heavy atom. The molecular formula is C22H19N3O3. The van der Waals surface area contributed by atoms with E-state index in [1.165, 1.54) is 12.1 Å². The van der Waals surface area contributed by atoms with Crippen LogP contribution in [0.25, 0.3) is 33.4 Å². The Labute approximate surface area is 161 Å². The summed E-state index contributed by atoms with van der Waals surface area (Å²) in [4.78, 5) is 16.9. The van der Waals surface area contributed by atoms with Crippen molar-refractivity contribution in [2.75, 3.05) is 26.0 Å². The number of fused-ring (bicyclic) bond motifs is 2. The second kappa shape index (κ2) is 6.81. The molecule has 0 unspecified atom stereocenters. The van der Waals surface area contributed by atoms with E-state index in [-0.39, 0.29) is 5.69 Å². The Hall–Kier alpha value is -3.67. The first-order valence-electron chi connectivity index (χ1n) is 8.83. The molecule has 0 spiro atoms. The first kappa shape index (κ1) is 17.7. The molecule has 1 aliphatic heterocycles. The lowest BCUT2D eigenvalue weighted by atomic mass is 9.93. The second-order valence-electron chi connectivity index (χ2n) is 6.76. The quantitative estimate of drug-likeness (QED) is 0.296. The fourth-order valence-electron chi connectivity index (χ4n) is 3.35. The van der Waals surface area contributed by atoms with Crippen molar-refractivity contribution in [3.8, 4) is 22.5 Å². The van der Waals surface area contributed by atoms with Crippen LogP contribution in [0.5, 0.6) is 0 Å². The van der Waals surface area contributed by atoms with Gasteiger partial charge in [-0.05, 0) is 42.0 Å². The normalized spacial score (nSPS) is 11.9. The van der Waals surface area contributed by atoms with Crippen LogP contribution in [0.15, 0.2) is 70.1 Å². The number of nitro groups is 1. The molecule has 1 aliphatic carbocycles. The minimum atomic E-state index is -0.390. The molecule has 2 aliphatic rings. The lowest BCUT2D eigenvalue weighted by molar-refractivity contribution is -0.384. The van der Waals surface area contributed by atoms with E-state index in [1.54, 1.807) is 19.2 Å². The molecule has 0 aromatic heterocycles. The van der Waals surface area contributed by atoms with Gasteiger partial charge in [0, 0.05) is 67.6 Å². The third-order valence-corrected chi connectivity index (χ3v) is 4.83. The summed E-state index contributed by atoms with van der Waals surface area (Å²) in [5, 5.41) is 12.8. The van der Waals surface area contributed by atoms with Crippen LogP contribution >= 0.6 is 0 Å². The number of benzene rings is 3. The number of hydrogen-bond donors (Lipinski definition) is 0. The van der Waals surface area contributed by atoms with E-state index in [0.29, 0.717) is 0 Å². The Morgan fingerprint density at radius 3 is 2.39 bits per heavy atom. The highest BCUT2D eigenvalue weighted by molar-refractivity contribution is 6.02. The fourth-order valence-corrected chi connectivity index (χ4v) is 3.35. The first-order chi connectivity index (χ1) is 13.5. The zero-order valence-electron chi connectivity index (χ0n) is 15.8. The van der Waals surface area contributed by atoms with E-state index in [2.05, 4.69) is 4.99 Å². The van der Waals surface area contributed by atoms with Crippen LogP contribution in [0.2, 0.25) is 0 Å². The van der Waals surface area contributed by atoms with Gasteiger partial charge < -0.3 is 9.32 Å². The SMILES string of the molecule is CN=c1ccc2c(-c3ccc([N+](=O)[O-])cc3)c3ccc(N(C)C)cc3oc-2c1. The molecule has 28 heavy (non-hydrogen) atoms. The maximum Gasteiger partial charge on any atom is 0.269 e. The van der Waals surface area contributed by atoms with Gasteiger partial charge in [0.25, 0.3) is 5.69 Å². The van der Waals surface area contributed by atoms with E-state index >= 15 is 0 Å². The standard InChI is InChI=1S/C22H19N3O3/c1-23-15-6-10-18-20(12-15)28-21-13-17(24(2)3)9-11-19(21)22(18)14-4-7-16(8-5-14)25(26)27/h4-13H,1-3H3. The zero-order chi connectivity index (χ0) is 19.8. The number of rotatable bonds is 3. The second-order valence-corrected chi connectivity index (χ2v) is 6.76. The molecule has 140 valence electrons. The maximum absolute atomic E-state index is 11.0. The third-order valence-electron chi connectivity index (χ3n) is 4.83. The van der Waals surface area contributed by atoms with Crippen molar-refractivity contribution < 1.29 is 9.34 Å². The van der Waals surface area contributed by atoms with Crippen molar-refractivity contribution in [2.24, 2.45) is 4.99 Å². The summed E-state index contributed by atoms with van der Waals surface area (Å²) < 4.78 is 6.21. The fraction of sp³-hybridized carbons (Fsp3) is 0.136. The van der Waals surface area contributed by atoms with Crippen molar-refractivity contribution in [2.45, 2.75) is 0 Å². The van der Waals surface area contributed by atoms with Crippen LogP contribution in [0.3, 0.4) is 0 Å². The summed E-state index contributed by atoms with van der Waals surface area (Å²) in [6.07, 6.45) is 0. The van der Waals surface area contributed by atoms with Crippen LogP contribution in [-0.4, -0.2) is 26.1 Å². The van der Waals surface area contributed by atoms with Crippen molar-refractivity contribution in [1.29, 1.82) is 0 Å². The summed E-state index contributed by atoms with van der Waals surface area (Å²) in [6.45, 7) is 0. The van der Waals surface area contributed by atoms with Crippen LogP contribution in [0.1, 0.15) is 0 Å². The summed E-state index contributed by atoms with van der Waals surface area (Å²) in [6, 6.07) is 18.5. The number of anilines is 1. The molecule has 0 atom stereocenters. The first-order valence-corrected chi connectivity index (χ1v) is 8.83. The molecule has 1 heterocycles. The third kappa shape index (κ3) is 2.99.